The predicted octanol–water partition coefficient (Wildman–Crippen LogP) is 5.29. The minimum Gasteiger partial charge on any atom is -0.490 e. The van der Waals surface area contributed by atoms with Gasteiger partial charge in [-0.05, 0) is 86.7 Å². The number of hydrogen-bond donors (Lipinski definition) is 3. The van der Waals surface area contributed by atoms with Crippen LogP contribution >= 0.6 is 0 Å². The van der Waals surface area contributed by atoms with Gasteiger partial charge in [-0.2, -0.15) is 0 Å². The highest BCUT2D eigenvalue weighted by molar-refractivity contribution is 6.14. The highest BCUT2D eigenvalue weighted by atomic mass is 16.5. The van der Waals surface area contributed by atoms with E-state index >= 15 is 0 Å². The standard InChI is InChI=1S/C30H34N4O2/c1-34-17-15-25(16-18-34)36-24-12-9-22(10-13-24)29(32)26-19-23(11-14-27(26)31)33-30(35)28(21-7-8-21)20-5-3-2-4-6-20/h2-6,9-14,19,21,25,28,32H,7-8,15-18,31H2,1H3,(H,33,35). The molecule has 0 radical (unpaired) electrons. The Balaban J connectivity index is 1.28. The first kappa shape index (κ1) is 24.1. The Kier molecular flexibility index (Phi) is 7.05. The molecule has 4 N–H and O–H groups in total. The number of piperidine rings is 1. The number of carbonyl (C=O) groups is 1. The average molecular weight is 483 g/mol. The van der Waals surface area contributed by atoms with Crippen LogP contribution in [0.3, 0.4) is 0 Å². The van der Waals surface area contributed by atoms with Crippen molar-refractivity contribution < 1.29 is 9.53 Å². The monoisotopic (exact) mass is 482 g/mol. The van der Waals surface area contributed by atoms with Crippen LogP contribution in [0.1, 0.15) is 48.3 Å². The minimum absolute atomic E-state index is 0.0126. The summed E-state index contributed by atoms with van der Waals surface area (Å²) < 4.78 is 6.14. The second-order valence-corrected chi connectivity index (χ2v) is 10.0. The highest BCUT2D eigenvalue weighted by Gasteiger charge is 2.37. The molecule has 5 rings (SSSR count). The number of ether oxygens (including phenoxy) is 1. The lowest BCUT2D eigenvalue weighted by molar-refractivity contribution is -0.118. The van der Waals surface area contributed by atoms with Crippen LogP contribution in [0, 0.1) is 11.3 Å². The average Bonchev–Trinajstić information content (AvgIpc) is 3.72. The van der Waals surface area contributed by atoms with Crippen molar-refractivity contribution in [2.24, 2.45) is 5.92 Å². The molecule has 0 bridgehead atoms. The third kappa shape index (κ3) is 5.60. The molecule has 1 aliphatic heterocycles. The molecule has 3 aromatic rings. The Morgan fingerprint density at radius 3 is 2.36 bits per heavy atom. The first-order chi connectivity index (χ1) is 17.5. The Bertz CT molecular complexity index is 1210. The van der Waals surface area contributed by atoms with E-state index in [0.717, 1.165) is 55.6 Å². The van der Waals surface area contributed by atoms with Crippen LogP contribution in [0.15, 0.2) is 72.8 Å². The molecule has 1 amide bonds. The normalized spacial score (nSPS) is 17.4. The molecule has 3 aromatic carbocycles. The van der Waals surface area contributed by atoms with Crippen molar-refractivity contribution in [1.29, 1.82) is 5.41 Å². The molecule has 6 heteroatoms. The van der Waals surface area contributed by atoms with Gasteiger partial charge >= 0.3 is 0 Å². The molecule has 1 heterocycles. The van der Waals surface area contributed by atoms with E-state index < -0.39 is 0 Å². The zero-order valence-corrected chi connectivity index (χ0v) is 20.7. The topological polar surface area (TPSA) is 91.4 Å². The summed E-state index contributed by atoms with van der Waals surface area (Å²) in [5.41, 5.74) is 10.1. The van der Waals surface area contributed by atoms with Gasteiger partial charge in [-0.15, -0.1) is 0 Å². The Hall–Kier alpha value is -3.64. The van der Waals surface area contributed by atoms with Gasteiger partial charge in [-0.25, -0.2) is 0 Å². The van der Waals surface area contributed by atoms with Gasteiger partial charge in [0.1, 0.15) is 11.9 Å². The van der Waals surface area contributed by atoms with E-state index in [0.29, 0.717) is 28.6 Å². The number of rotatable bonds is 8. The van der Waals surface area contributed by atoms with Crippen molar-refractivity contribution >= 4 is 23.0 Å². The van der Waals surface area contributed by atoms with Gasteiger partial charge in [-0.1, -0.05) is 30.3 Å². The zero-order valence-electron chi connectivity index (χ0n) is 20.7. The number of nitrogens with zero attached hydrogens (tertiary/aromatic N) is 1. The second kappa shape index (κ2) is 10.5. The quantitative estimate of drug-likeness (QED) is 0.300. The van der Waals surface area contributed by atoms with Gasteiger partial charge in [0.25, 0.3) is 0 Å². The maximum atomic E-state index is 13.2. The van der Waals surface area contributed by atoms with E-state index in [4.69, 9.17) is 15.9 Å². The SMILES string of the molecule is CN1CCC(Oc2ccc(C(=N)c3cc(NC(=O)C(c4ccccc4)C4CC4)ccc3N)cc2)CC1. The molecular weight excluding hydrogens is 448 g/mol. The molecular formula is C30H34N4O2. The third-order valence-electron chi connectivity index (χ3n) is 7.24. The van der Waals surface area contributed by atoms with Crippen molar-refractivity contribution in [1.82, 2.24) is 4.90 Å². The Morgan fingerprint density at radius 2 is 1.69 bits per heavy atom. The van der Waals surface area contributed by atoms with E-state index in [2.05, 4.69) is 17.3 Å². The highest BCUT2D eigenvalue weighted by Crippen LogP contribution is 2.43. The maximum absolute atomic E-state index is 13.2. The van der Waals surface area contributed by atoms with Gasteiger partial charge in [0, 0.05) is 35.6 Å². The van der Waals surface area contributed by atoms with Gasteiger partial charge in [0.2, 0.25) is 5.91 Å². The summed E-state index contributed by atoms with van der Waals surface area (Å²) in [6.07, 6.45) is 4.42. The van der Waals surface area contributed by atoms with E-state index in [-0.39, 0.29) is 17.9 Å². The van der Waals surface area contributed by atoms with E-state index in [1.54, 1.807) is 18.2 Å². The van der Waals surface area contributed by atoms with Gasteiger partial charge in [0.05, 0.1) is 11.6 Å². The van der Waals surface area contributed by atoms with Crippen LogP contribution in [0.5, 0.6) is 5.75 Å². The summed E-state index contributed by atoms with van der Waals surface area (Å²) in [6, 6.07) is 23.0. The minimum atomic E-state index is -0.163. The van der Waals surface area contributed by atoms with Crippen molar-refractivity contribution in [3.05, 3.63) is 89.5 Å². The molecule has 0 spiro atoms. The third-order valence-corrected chi connectivity index (χ3v) is 7.24. The molecule has 2 fully saturated rings. The number of likely N-dealkylation sites (tertiary alicyclic amines) is 1. The van der Waals surface area contributed by atoms with Crippen LogP contribution in [0.25, 0.3) is 0 Å². The van der Waals surface area contributed by atoms with Crippen LogP contribution in [0.2, 0.25) is 0 Å². The molecule has 2 aliphatic rings. The fourth-order valence-corrected chi connectivity index (χ4v) is 4.95. The number of amides is 1. The molecule has 186 valence electrons. The van der Waals surface area contributed by atoms with Crippen molar-refractivity contribution in [2.45, 2.75) is 37.7 Å². The lowest BCUT2D eigenvalue weighted by Crippen LogP contribution is -2.35. The van der Waals surface area contributed by atoms with Gasteiger partial charge in [-0.3, -0.25) is 10.2 Å². The second-order valence-electron chi connectivity index (χ2n) is 10.0. The number of nitrogen functional groups attached to an aromatic ring is 1. The summed E-state index contributed by atoms with van der Waals surface area (Å²) in [7, 11) is 2.14. The smallest absolute Gasteiger partial charge is 0.232 e. The largest absolute Gasteiger partial charge is 0.490 e. The summed E-state index contributed by atoms with van der Waals surface area (Å²) in [4.78, 5) is 15.6. The molecule has 36 heavy (non-hydrogen) atoms. The molecule has 1 aliphatic carbocycles. The molecule has 1 saturated carbocycles. The number of nitrogens with one attached hydrogen (secondary N) is 2. The first-order valence-electron chi connectivity index (χ1n) is 12.8. The van der Waals surface area contributed by atoms with Crippen molar-refractivity contribution in [3.8, 4) is 5.75 Å². The summed E-state index contributed by atoms with van der Waals surface area (Å²) >= 11 is 0. The van der Waals surface area contributed by atoms with Gasteiger partial charge < -0.3 is 20.7 Å². The molecule has 6 nitrogen and oxygen atoms in total. The summed E-state index contributed by atoms with van der Waals surface area (Å²) in [5, 5.41) is 11.9. The fourth-order valence-electron chi connectivity index (χ4n) is 4.95. The number of hydrogen-bond acceptors (Lipinski definition) is 5. The molecule has 1 unspecified atom stereocenters. The lowest BCUT2D eigenvalue weighted by Gasteiger charge is -2.29. The zero-order chi connectivity index (χ0) is 25.1. The maximum Gasteiger partial charge on any atom is 0.232 e. The first-order valence-corrected chi connectivity index (χ1v) is 12.8. The van der Waals surface area contributed by atoms with Crippen LogP contribution in [-0.2, 0) is 4.79 Å². The fraction of sp³-hybridized carbons (Fsp3) is 0.333. The van der Waals surface area contributed by atoms with Crippen LogP contribution < -0.4 is 15.8 Å². The van der Waals surface area contributed by atoms with Crippen molar-refractivity contribution in [2.75, 3.05) is 31.2 Å². The summed E-state index contributed by atoms with van der Waals surface area (Å²) in [5.74, 6) is 1.03. The molecule has 0 aromatic heterocycles. The van der Waals surface area contributed by atoms with E-state index in [1.165, 1.54) is 0 Å². The number of carbonyl (C=O) groups excluding carboxylic acids is 1. The van der Waals surface area contributed by atoms with E-state index in [9.17, 15) is 4.79 Å². The van der Waals surface area contributed by atoms with Gasteiger partial charge in [0.15, 0.2) is 0 Å². The van der Waals surface area contributed by atoms with Crippen molar-refractivity contribution in [3.63, 3.8) is 0 Å². The number of benzene rings is 3. The molecule has 1 atom stereocenters. The molecule has 1 saturated heterocycles. The number of anilines is 2. The number of nitrogens with two attached hydrogens (primary N) is 1. The van der Waals surface area contributed by atoms with Crippen LogP contribution in [0.4, 0.5) is 11.4 Å². The Morgan fingerprint density at radius 1 is 1.00 bits per heavy atom. The van der Waals surface area contributed by atoms with Crippen LogP contribution in [-0.4, -0.2) is 42.8 Å². The van der Waals surface area contributed by atoms with E-state index in [1.807, 2.05) is 54.6 Å². The Labute approximate surface area is 213 Å². The predicted molar refractivity (Wildman–Crippen MR) is 145 cm³/mol. The lowest BCUT2D eigenvalue weighted by atomic mass is 9.93. The summed E-state index contributed by atoms with van der Waals surface area (Å²) in [6.45, 7) is 2.10.